The van der Waals surface area contributed by atoms with Crippen molar-refractivity contribution in [2.75, 3.05) is 19.6 Å². The molecular formula is C30H28F6N4O3. The summed E-state index contributed by atoms with van der Waals surface area (Å²) in [5.74, 6) is -1.97. The summed E-state index contributed by atoms with van der Waals surface area (Å²) in [4.78, 5) is 30.1. The Morgan fingerprint density at radius 1 is 0.953 bits per heavy atom. The number of amides is 1. The summed E-state index contributed by atoms with van der Waals surface area (Å²) in [5, 5.41) is 10.6. The molecular weight excluding hydrogens is 578 g/mol. The molecule has 3 N–H and O–H groups in total. The molecule has 4 aromatic rings. The lowest BCUT2D eigenvalue weighted by molar-refractivity contribution is -0.192. The van der Waals surface area contributed by atoms with Crippen molar-refractivity contribution in [2.24, 2.45) is 0 Å². The van der Waals surface area contributed by atoms with Crippen LogP contribution in [0, 0.1) is 0 Å². The quantitative estimate of drug-likeness (QED) is 0.154. The number of hydrogen-bond acceptors (Lipinski definition) is 4. The van der Waals surface area contributed by atoms with E-state index in [9.17, 15) is 31.1 Å². The van der Waals surface area contributed by atoms with E-state index in [2.05, 4.69) is 27.4 Å². The number of nitrogens with one attached hydrogen (secondary N) is 2. The van der Waals surface area contributed by atoms with Crippen molar-refractivity contribution >= 4 is 22.9 Å². The third-order valence-corrected chi connectivity index (χ3v) is 6.73. The van der Waals surface area contributed by atoms with Gasteiger partial charge in [-0.1, -0.05) is 36.4 Å². The predicted molar refractivity (Wildman–Crippen MR) is 148 cm³/mol. The molecule has 1 aliphatic heterocycles. The smallest absolute Gasteiger partial charge is 0.475 e. The third kappa shape index (κ3) is 8.57. The summed E-state index contributed by atoms with van der Waals surface area (Å²) < 4.78 is 70.9. The number of fused-ring (bicyclic) bond motifs is 1. The molecule has 0 aliphatic carbocycles. The van der Waals surface area contributed by atoms with Crippen LogP contribution < -0.4 is 5.32 Å². The second-order valence-electron chi connectivity index (χ2n) is 9.91. The van der Waals surface area contributed by atoms with Crippen molar-refractivity contribution in [1.29, 1.82) is 0 Å². The molecule has 5 rings (SSSR count). The molecule has 1 aromatic heterocycles. The average molecular weight is 607 g/mol. The minimum absolute atomic E-state index is 0.263. The van der Waals surface area contributed by atoms with Gasteiger partial charge in [-0.2, -0.15) is 26.3 Å². The first kappa shape index (κ1) is 31.5. The van der Waals surface area contributed by atoms with Gasteiger partial charge in [0, 0.05) is 31.6 Å². The lowest BCUT2D eigenvalue weighted by Gasteiger charge is -2.15. The van der Waals surface area contributed by atoms with E-state index in [1.807, 2.05) is 41.3 Å². The number of carbonyl (C=O) groups excluding carboxylic acids is 1. The van der Waals surface area contributed by atoms with Gasteiger partial charge in [0.15, 0.2) is 0 Å². The molecule has 0 unspecified atom stereocenters. The molecule has 0 bridgehead atoms. The van der Waals surface area contributed by atoms with Gasteiger partial charge in [-0.25, -0.2) is 9.78 Å². The fraction of sp³-hybridized carbons (Fsp3) is 0.300. The fourth-order valence-corrected chi connectivity index (χ4v) is 4.60. The van der Waals surface area contributed by atoms with Gasteiger partial charge in [0.05, 0.1) is 16.6 Å². The second kappa shape index (κ2) is 13.3. The molecule has 3 aromatic carbocycles. The molecule has 13 heteroatoms. The molecule has 0 spiro atoms. The first-order valence-electron chi connectivity index (χ1n) is 13.4. The summed E-state index contributed by atoms with van der Waals surface area (Å²) in [5.41, 5.74) is 4.15. The van der Waals surface area contributed by atoms with E-state index in [-0.39, 0.29) is 5.91 Å². The van der Waals surface area contributed by atoms with Crippen LogP contribution in [0.15, 0.2) is 66.7 Å². The number of alkyl halides is 6. The zero-order valence-electron chi connectivity index (χ0n) is 22.7. The van der Waals surface area contributed by atoms with Crippen molar-refractivity contribution in [3.63, 3.8) is 0 Å². The molecule has 228 valence electrons. The molecule has 43 heavy (non-hydrogen) atoms. The molecule has 1 amide bonds. The highest BCUT2D eigenvalue weighted by Crippen LogP contribution is 2.32. The highest BCUT2D eigenvalue weighted by Gasteiger charge is 2.38. The van der Waals surface area contributed by atoms with Crippen molar-refractivity contribution in [3.8, 4) is 22.5 Å². The number of halogens is 6. The van der Waals surface area contributed by atoms with E-state index in [1.54, 1.807) is 0 Å². The number of carbonyl (C=O) groups is 2. The van der Waals surface area contributed by atoms with E-state index in [0.717, 1.165) is 73.4 Å². The molecule has 0 radical (unpaired) electrons. The number of H-pyrrole nitrogens is 1. The molecule has 1 fully saturated rings. The van der Waals surface area contributed by atoms with Crippen LogP contribution in [0.2, 0.25) is 0 Å². The fourth-order valence-electron chi connectivity index (χ4n) is 4.60. The van der Waals surface area contributed by atoms with E-state index in [0.29, 0.717) is 23.3 Å². The number of aromatic nitrogens is 2. The standard InChI is InChI=1S/C28H27F3N4O.C2HF3O2/c29-28(30,31)23-10-11-24-25(17-23)34-27(33-24)22-8-2-7-21(16-22)20-6-1-5-19(15-20)18-32-12-4-14-35-13-3-9-26(35)36;3-2(4,5)1(6)7/h1-2,5-8,10-11,15-17,32H,3-4,9,12-14,18H2,(H,33,34);(H,6,7). The Balaban J connectivity index is 0.000000541. The molecule has 7 nitrogen and oxygen atoms in total. The third-order valence-electron chi connectivity index (χ3n) is 6.73. The van der Waals surface area contributed by atoms with Crippen LogP contribution in [0.1, 0.15) is 30.4 Å². The Morgan fingerprint density at radius 2 is 1.63 bits per heavy atom. The first-order valence-corrected chi connectivity index (χ1v) is 13.4. The van der Waals surface area contributed by atoms with Gasteiger partial charge in [-0.3, -0.25) is 4.79 Å². The van der Waals surface area contributed by atoms with Crippen LogP contribution in [0.5, 0.6) is 0 Å². The number of hydrogen-bond donors (Lipinski definition) is 3. The Morgan fingerprint density at radius 3 is 2.28 bits per heavy atom. The largest absolute Gasteiger partial charge is 0.490 e. The monoisotopic (exact) mass is 606 g/mol. The van der Waals surface area contributed by atoms with Crippen LogP contribution in [-0.4, -0.2) is 57.7 Å². The van der Waals surface area contributed by atoms with E-state index >= 15 is 0 Å². The Labute approximate surface area is 242 Å². The van der Waals surface area contributed by atoms with Gasteiger partial charge >= 0.3 is 18.3 Å². The lowest BCUT2D eigenvalue weighted by atomic mass is 10.0. The summed E-state index contributed by atoms with van der Waals surface area (Å²) >= 11 is 0. The predicted octanol–water partition coefficient (Wildman–Crippen LogP) is 6.65. The van der Waals surface area contributed by atoms with Gasteiger partial charge in [0.25, 0.3) is 0 Å². The zero-order chi connectivity index (χ0) is 31.2. The number of carboxylic acid groups (broad SMARTS) is 1. The Kier molecular flexibility index (Phi) is 9.74. The Hall–Kier alpha value is -4.39. The molecule has 1 saturated heterocycles. The number of aromatic amines is 1. The number of likely N-dealkylation sites (tertiary alicyclic amines) is 1. The number of carboxylic acids is 1. The summed E-state index contributed by atoms with van der Waals surface area (Å²) in [6.07, 6.45) is -6.91. The highest BCUT2D eigenvalue weighted by molar-refractivity contribution is 5.81. The van der Waals surface area contributed by atoms with Crippen LogP contribution >= 0.6 is 0 Å². The lowest BCUT2D eigenvalue weighted by Crippen LogP contribution is -2.28. The minimum atomic E-state index is -5.08. The first-order chi connectivity index (χ1) is 20.3. The van der Waals surface area contributed by atoms with Gasteiger partial charge in [0.2, 0.25) is 5.91 Å². The van der Waals surface area contributed by atoms with Crippen molar-refractivity contribution in [2.45, 2.75) is 38.2 Å². The summed E-state index contributed by atoms with van der Waals surface area (Å²) in [7, 11) is 0. The average Bonchev–Trinajstić information content (AvgIpc) is 3.58. The topological polar surface area (TPSA) is 98.3 Å². The van der Waals surface area contributed by atoms with Crippen molar-refractivity contribution in [3.05, 3.63) is 77.9 Å². The van der Waals surface area contributed by atoms with Crippen molar-refractivity contribution < 1.29 is 41.0 Å². The number of nitrogens with zero attached hydrogens (tertiary/aromatic N) is 2. The maximum absolute atomic E-state index is 13.1. The Bertz CT molecular complexity index is 1580. The van der Waals surface area contributed by atoms with E-state index in [1.165, 1.54) is 6.07 Å². The number of imidazole rings is 1. The molecule has 1 aliphatic rings. The molecule has 0 atom stereocenters. The number of rotatable bonds is 8. The maximum atomic E-state index is 13.1. The van der Waals surface area contributed by atoms with Gasteiger partial charge < -0.3 is 20.3 Å². The number of benzene rings is 3. The SMILES string of the molecule is O=C(O)C(F)(F)F.O=C1CCCN1CCCNCc1cccc(-c2cccc(-c3nc4ccc(C(F)(F)F)cc4[nH]3)c2)c1. The summed E-state index contributed by atoms with van der Waals surface area (Å²) in [6, 6.07) is 19.6. The minimum Gasteiger partial charge on any atom is -0.475 e. The molecule has 2 heterocycles. The van der Waals surface area contributed by atoms with Crippen LogP contribution in [0.25, 0.3) is 33.5 Å². The van der Waals surface area contributed by atoms with E-state index < -0.39 is 23.9 Å². The van der Waals surface area contributed by atoms with Gasteiger partial charge in [0.1, 0.15) is 5.82 Å². The summed E-state index contributed by atoms with van der Waals surface area (Å²) in [6.45, 7) is 3.25. The normalized spacial score (nSPS) is 13.7. The number of aliphatic carboxylic acids is 1. The van der Waals surface area contributed by atoms with Gasteiger partial charge in [-0.15, -0.1) is 0 Å². The van der Waals surface area contributed by atoms with E-state index in [4.69, 9.17) is 9.90 Å². The zero-order valence-corrected chi connectivity index (χ0v) is 22.7. The molecule has 0 saturated carbocycles. The highest BCUT2D eigenvalue weighted by atomic mass is 19.4. The van der Waals surface area contributed by atoms with Gasteiger partial charge in [-0.05, 0) is 66.4 Å². The second-order valence-corrected chi connectivity index (χ2v) is 9.91. The van der Waals surface area contributed by atoms with Crippen LogP contribution in [0.4, 0.5) is 26.3 Å². The van der Waals surface area contributed by atoms with Crippen molar-refractivity contribution in [1.82, 2.24) is 20.2 Å². The maximum Gasteiger partial charge on any atom is 0.490 e. The van der Waals surface area contributed by atoms with Crippen LogP contribution in [-0.2, 0) is 22.3 Å². The van der Waals surface area contributed by atoms with Crippen LogP contribution in [0.3, 0.4) is 0 Å².